The van der Waals surface area contributed by atoms with Crippen LogP contribution in [0.3, 0.4) is 0 Å². The molecule has 0 radical (unpaired) electrons. The zero-order valence-electron chi connectivity index (χ0n) is 19.1. The van der Waals surface area contributed by atoms with Crippen LogP contribution in [0.15, 0.2) is 42.5 Å². The van der Waals surface area contributed by atoms with E-state index in [-0.39, 0.29) is 49.2 Å². The molecule has 1 aliphatic heterocycles. The van der Waals surface area contributed by atoms with Crippen LogP contribution in [-0.4, -0.2) is 54.9 Å². The van der Waals surface area contributed by atoms with Crippen LogP contribution in [0.2, 0.25) is 5.02 Å². The van der Waals surface area contributed by atoms with E-state index in [4.69, 9.17) is 16.3 Å². The third-order valence-corrected chi connectivity index (χ3v) is 5.69. The number of halogens is 2. The highest BCUT2D eigenvalue weighted by Gasteiger charge is 2.20. The molecule has 1 heterocycles. The molecule has 2 aromatic carbocycles. The number of hydrogen-bond acceptors (Lipinski definition) is 4. The molecule has 3 rings (SSSR count). The number of rotatable bonds is 3. The molecule has 9 heteroatoms. The average Bonchev–Trinajstić information content (AvgIpc) is 2.81. The molecule has 0 aliphatic carbocycles. The zero-order valence-corrected chi connectivity index (χ0v) is 19.9. The summed E-state index contributed by atoms with van der Waals surface area (Å²) in [7, 11) is 0. The summed E-state index contributed by atoms with van der Waals surface area (Å²) in [5, 5.41) is 6.12. The van der Waals surface area contributed by atoms with Crippen molar-refractivity contribution in [2.24, 2.45) is 0 Å². The van der Waals surface area contributed by atoms with E-state index in [1.165, 1.54) is 17.0 Å². The summed E-state index contributed by atoms with van der Waals surface area (Å²) in [5.41, 5.74) is 1.18. The Hall–Kier alpha value is -3.13. The molecular formula is C25H29ClFN3O4. The minimum Gasteiger partial charge on any atom is -0.491 e. The van der Waals surface area contributed by atoms with Gasteiger partial charge < -0.3 is 20.3 Å². The fourth-order valence-electron chi connectivity index (χ4n) is 3.63. The van der Waals surface area contributed by atoms with Crippen molar-refractivity contribution in [1.29, 1.82) is 0 Å². The lowest BCUT2D eigenvalue weighted by molar-refractivity contribution is -0.136. The molecule has 0 unspecified atom stereocenters. The van der Waals surface area contributed by atoms with Gasteiger partial charge in [0.1, 0.15) is 18.2 Å². The largest absolute Gasteiger partial charge is 0.491 e. The third kappa shape index (κ3) is 7.73. The number of ether oxygens (including phenoxy) is 1. The van der Waals surface area contributed by atoms with Crippen LogP contribution in [-0.2, 0) is 16.0 Å². The first-order valence-electron chi connectivity index (χ1n) is 11.3. The molecule has 0 spiro atoms. The number of amides is 3. The molecular weight excluding hydrogens is 461 g/mol. The van der Waals surface area contributed by atoms with Gasteiger partial charge in [-0.05, 0) is 62.1 Å². The van der Waals surface area contributed by atoms with Gasteiger partial charge in [-0.1, -0.05) is 23.7 Å². The molecule has 0 bridgehead atoms. The molecule has 34 heavy (non-hydrogen) atoms. The number of hydrogen-bond donors (Lipinski definition) is 2. The Kier molecular flexibility index (Phi) is 9.27. The smallest absolute Gasteiger partial charge is 0.255 e. The Labute approximate surface area is 203 Å². The quantitative estimate of drug-likeness (QED) is 0.692. The monoisotopic (exact) mass is 489 g/mol. The topological polar surface area (TPSA) is 87.7 Å². The molecule has 0 saturated carbocycles. The summed E-state index contributed by atoms with van der Waals surface area (Å²) in [6.45, 7) is 2.66. The van der Waals surface area contributed by atoms with Gasteiger partial charge >= 0.3 is 0 Å². The molecule has 7 nitrogen and oxygen atoms in total. The lowest BCUT2D eigenvalue weighted by atomic mass is 10.1. The molecule has 1 atom stereocenters. The number of benzene rings is 2. The second-order valence-electron chi connectivity index (χ2n) is 8.32. The van der Waals surface area contributed by atoms with Gasteiger partial charge in [-0.3, -0.25) is 14.4 Å². The molecule has 2 aromatic rings. The Bertz CT molecular complexity index is 1020. The summed E-state index contributed by atoms with van der Waals surface area (Å²) in [6, 6.07) is 10.5. The normalized spacial score (nSPS) is 18.0. The second-order valence-corrected chi connectivity index (χ2v) is 8.76. The van der Waals surface area contributed by atoms with Crippen molar-refractivity contribution in [1.82, 2.24) is 15.5 Å². The molecule has 3 amide bonds. The van der Waals surface area contributed by atoms with E-state index in [0.29, 0.717) is 48.7 Å². The maximum atomic E-state index is 13.1. The minimum absolute atomic E-state index is 0.0643. The zero-order chi connectivity index (χ0) is 24.5. The van der Waals surface area contributed by atoms with E-state index in [9.17, 15) is 18.8 Å². The summed E-state index contributed by atoms with van der Waals surface area (Å²) in [5.74, 6) is -0.675. The van der Waals surface area contributed by atoms with Crippen LogP contribution in [0.5, 0.6) is 5.75 Å². The van der Waals surface area contributed by atoms with Crippen molar-refractivity contribution >= 4 is 29.3 Å². The average molecular weight is 490 g/mol. The van der Waals surface area contributed by atoms with Gasteiger partial charge in [0, 0.05) is 24.5 Å². The first-order chi connectivity index (χ1) is 16.3. The lowest BCUT2D eigenvalue weighted by Gasteiger charge is -2.23. The van der Waals surface area contributed by atoms with Gasteiger partial charge in [0.2, 0.25) is 11.8 Å². The van der Waals surface area contributed by atoms with Gasteiger partial charge in [-0.2, -0.15) is 0 Å². The SMILES string of the molecule is C[C@H]1COc2ccc(Cl)cc2C(=O)NCCCCN(C(=O)CCc2ccc(F)cc2)CC(=O)N1. The molecule has 0 saturated heterocycles. The van der Waals surface area contributed by atoms with E-state index < -0.39 is 0 Å². The van der Waals surface area contributed by atoms with Crippen LogP contribution >= 0.6 is 11.6 Å². The molecule has 0 aromatic heterocycles. The Morgan fingerprint density at radius 3 is 2.71 bits per heavy atom. The number of carbonyl (C=O) groups is 3. The Balaban J connectivity index is 1.65. The van der Waals surface area contributed by atoms with Crippen molar-refractivity contribution in [3.63, 3.8) is 0 Å². The van der Waals surface area contributed by atoms with Crippen molar-refractivity contribution in [3.05, 3.63) is 64.4 Å². The molecule has 182 valence electrons. The first kappa shape index (κ1) is 25.5. The van der Waals surface area contributed by atoms with E-state index in [1.54, 1.807) is 37.3 Å². The van der Waals surface area contributed by atoms with E-state index in [0.717, 1.165) is 5.56 Å². The highest BCUT2D eigenvalue weighted by molar-refractivity contribution is 6.31. The highest BCUT2D eigenvalue weighted by Crippen LogP contribution is 2.23. The van der Waals surface area contributed by atoms with Crippen LogP contribution in [0.4, 0.5) is 4.39 Å². The maximum absolute atomic E-state index is 13.1. The lowest BCUT2D eigenvalue weighted by Crippen LogP contribution is -2.45. The maximum Gasteiger partial charge on any atom is 0.255 e. The predicted octanol–water partition coefficient (Wildman–Crippen LogP) is 3.35. The minimum atomic E-state index is -0.347. The van der Waals surface area contributed by atoms with Gasteiger partial charge in [0.05, 0.1) is 18.2 Å². The number of nitrogens with one attached hydrogen (secondary N) is 2. The summed E-state index contributed by atoms with van der Waals surface area (Å²) >= 11 is 6.06. The van der Waals surface area contributed by atoms with Gasteiger partial charge in [0.25, 0.3) is 5.91 Å². The van der Waals surface area contributed by atoms with Crippen LogP contribution in [0, 0.1) is 5.82 Å². The Morgan fingerprint density at radius 1 is 1.18 bits per heavy atom. The van der Waals surface area contributed by atoms with E-state index in [1.807, 2.05) is 0 Å². The van der Waals surface area contributed by atoms with E-state index >= 15 is 0 Å². The third-order valence-electron chi connectivity index (χ3n) is 5.45. The number of fused-ring (bicyclic) bond motifs is 1. The Morgan fingerprint density at radius 2 is 1.94 bits per heavy atom. The van der Waals surface area contributed by atoms with Gasteiger partial charge in [-0.25, -0.2) is 4.39 Å². The molecule has 0 fully saturated rings. The summed E-state index contributed by atoms with van der Waals surface area (Å²) in [4.78, 5) is 39.6. The highest BCUT2D eigenvalue weighted by atomic mass is 35.5. The summed E-state index contributed by atoms with van der Waals surface area (Å²) < 4.78 is 18.9. The van der Waals surface area contributed by atoms with Crippen molar-refractivity contribution in [2.75, 3.05) is 26.2 Å². The number of carbonyl (C=O) groups excluding carboxylic acids is 3. The van der Waals surface area contributed by atoms with Gasteiger partial charge in [-0.15, -0.1) is 0 Å². The van der Waals surface area contributed by atoms with Crippen molar-refractivity contribution < 1.29 is 23.5 Å². The number of aryl methyl sites for hydroxylation is 1. The van der Waals surface area contributed by atoms with E-state index in [2.05, 4.69) is 10.6 Å². The molecule has 1 aliphatic rings. The fourth-order valence-corrected chi connectivity index (χ4v) is 3.81. The predicted molar refractivity (Wildman–Crippen MR) is 127 cm³/mol. The van der Waals surface area contributed by atoms with Gasteiger partial charge in [0.15, 0.2) is 0 Å². The fraction of sp³-hybridized carbons (Fsp3) is 0.400. The van der Waals surface area contributed by atoms with Crippen molar-refractivity contribution in [2.45, 2.75) is 38.6 Å². The van der Waals surface area contributed by atoms with Crippen LogP contribution < -0.4 is 15.4 Å². The summed E-state index contributed by atoms with van der Waals surface area (Å²) in [6.07, 6.45) is 1.91. The second kappa shape index (κ2) is 12.4. The van der Waals surface area contributed by atoms with Crippen LogP contribution in [0.25, 0.3) is 0 Å². The van der Waals surface area contributed by atoms with Crippen molar-refractivity contribution in [3.8, 4) is 5.75 Å². The van der Waals surface area contributed by atoms with Crippen LogP contribution in [0.1, 0.15) is 42.1 Å². The number of nitrogens with zero attached hydrogens (tertiary/aromatic N) is 1. The molecule has 2 N–H and O–H groups in total. The standard InChI is InChI=1S/C25H29ClFN3O4/c1-17-16-34-22-10-7-19(26)14-21(22)25(33)28-12-2-3-13-30(15-23(31)29-17)24(32)11-6-18-4-8-20(27)9-5-18/h4-5,7-10,14,17H,2-3,6,11-13,15-16H2,1H3,(H,28,33)(H,29,31)/t17-/m0/s1. The first-order valence-corrected chi connectivity index (χ1v) is 11.7.